The van der Waals surface area contributed by atoms with Crippen LogP contribution in [0.3, 0.4) is 0 Å². The molecule has 3 rings (SSSR count). The minimum Gasteiger partial charge on any atom is -0.379 e. The Morgan fingerprint density at radius 2 is 1.97 bits per heavy atom. The first-order valence-corrected chi connectivity index (χ1v) is 10.7. The van der Waals surface area contributed by atoms with E-state index in [9.17, 15) is 4.39 Å². The number of nitrogens with one attached hydrogen (secondary N) is 2. The number of rotatable bonds is 6. The lowest BCUT2D eigenvalue weighted by Gasteiger charge is -2.48. The molecule has 0 unspecified atom stereocenters. The second-order valence-electron chi connectivity index (χ2n) is 7.85. The van der Waals surface area contributed by atoms with E-state index in [1.807, 2.05) is 6.92 Å². The lowest BCUT2D eigenvalue weighted by Crippen LogP contribution is -2.60. The van der Waals surface area contributed by atoms with Crippen LogP contribution in [-0.2, 0) is 11.3 Å². The Morgan fingerprint density at radius 3 is 2.63 bits per heavy atom. The van der Waals surface area contributed by atoms with E-state index < -0.39 is 0 Å². The molecule has 1 aliphatic heterocycles. The van der Waals surface area contributed by atoms with Crippen molar-refractivity contribution in [2.75, 3.05) is 39.4 Å². The third kappa shape index (κ3) is 6.53. The molecular formula is C22H33FIN5O. The van der Waals surface area contributed by atoms with E-state index in [2.05, 4.69) is 26.6 Å². The number of halogens is 2. The first-order chi connectivity index (χ1) is 14.2. The standard InChI is InChI=1S/C22H32FN5O.HI/c1-2-25-21(26-16-19-14-18(15-24)6-7-20(19)23)27-17-22(8-4-3-5-9-22)28-10-12-29-13-11-28;/h6-7,14H,2-5,8-13,16-17H2,1H3,(H2,25,26,27);1H. The summed E-state index contributed by atoms with van der Waals surface area (Å²) in [7, 11) is 0. The van der Waals surface area contributed by atoms with Gasteiger partial charge in [-0.1, -0.05) is 19.3 Å². The Morgan fingerprint density at radius 1 is 1.23 bits per heavy atom. The molecule has 1 aromatic carbocycles. The van der Waals surface area contributed by atoms with E-state index in [4.69, 9.17) is 10.00 Å². The zero-order valence-electron chi connectivity index (χ0n) is 17.8. The van der Waals surface area contributed by atoms with Gasteiger partial charge in [-0.15, -0.1) is 24.0 Å². The Bertz CT molecular complexity index is 740. The van der Waals surface area contributed by atoms with Crippen molar-refractivity contribution < 1.29 is 9.13 Å². The minimum atomic E-state index is -0.333. The zero-order valence-corrected chi connectivity index (χ0v) is 20.1. The van der Waals surface area contributed by atoms with Gasteiger partial charge in [0.2, 0.25) is 0 Å². The van der Waals surface area contributed by atoms with Gasteiger partial charge < -0.3 is 15.4 Å². The van der Waals surface area contributed by atoms with Gasteiger partial charge in [0.1, 0.15) is 5.82 Å². The summed E-state index contributed by atoms with van der Waals surface area (Å²) in [4.78, 5) is 7.17. The molecule has 1 heterocycles. The molecule has 2 fully saturated rings. The van der Waals surface area contributed by atoms with Crippen molar-refractivity contribution >= 4 is 29.9 Å². The lowest BCUT2D eigenvalue weighted by atomic mass is 9.80. The van der Waals surface area contributed by atoms with Gasteiger partial charge in [-0.05, 0) is 38.0 Å². The van der Waals surface area contributed by atoms with Crippen LogP contribution in [0.25, 0.3) is 0 Å². The number of morpholine rings is 1. The average molecular weight is 529 g/mol. The third-order valence-corrected chi connectivity index (χ3v) is 5.98. The predicted octanol–water partition coefficient (Wildman–Crippen LogP) is 3.41. The summed E-state index contributed by atoms with van der Waals surface area (Å²) in [5.41, 5.74) is 1.01. The molecule has 0 bridgehead atoms. The van der Waals surface area contributed by atoms with Crippen molar-refractivity contribution in [2.45, 2.75) is 51.1 Å². The highest BCUT2D eigenvalue weighted by molar-refractivity contribution is 14.0. The average Bonchev–Trinajstić information content (AvgIpc) is 2.78. The van der Waals surface area contributed by atoms with Crippen LogP contribution in [-0.4, -0.2) is 55.8 Å². The van der Waals surface area contributed by atoms with Crippen LogP contribution in [0.4, 0.5) is 4.39 Å². The molecule has 0 atom stereocenters. The smallest absolute Gasteiger partial charge is 0.191 e. The molecule has 1 aromatic rings. The Hall–Kier alpha value is -1.44. The van der Waals surface area contributed by atoms with Crippen molar-refractivity contribution in [3.05, 3.63) is 35.1 Å². The summed E-state index contributed by atoms with van der Waals surface area (Å²) in [6, 6.07) is 6.44. The molecule has 2 aliphatic rings. The fraction of sp³-hybridized carbons (Fsp3) is 0.636. The maximum atomic E-state index is 14.1. The van der Waals surface area contributed by atoms with Crippen molar-refractivity contribution in [3.63, 3.8) is 0 Å². The monoisotopic (exact) mass is 529 g/mol. The van der Waals surface area contributed by atoms with Gasteiger partial charge in [0.15, 0.2) is 5.96 Å². The SMILES string of the molecule is CCNC(=NCc1cc(C#N)ccc1F)NCC1(N2CCOCC2)CCCCC1.I. The number of aliphatic imine (C=N–C) groups is 1. The summed E-state index contributed by atoms with van der Waals surface area (Å²) >= 11 is 0. The fourth-order valence-electron chi connectivity index (χ4n) is 4.37. The maximum Gasteiger partial charge on any atom is 0.191 e. The fourth-order valence-corrected chi connectivity index (χ4v) is 4.37. The third-order valence-electron chi connectivity index (χ3n) is 5.98. The van der Waals surface area contributed by atoms with Gasteiger partial charge in [-0.2, -0.15) is 5.26 Å². The molecule has 6 nitrogen and oxygen atoms in total. The van der Waals surface area contributed by atoms with Crippen molar-refractivity contribution in [1.82, 2.24) is 15.5 Å². The molecule has 1 saturated carbocycles. The quantitative estimate of drug-likeness (QED) is 0.336. The first kappa shape index (κ1) is 24.8. The summed E-state index contributed by atoms with van der Waals surface area (Å²) in [5.74, 6) is 0.355. The van der Waals surface area contributed by atoms with Gasteiger partial charge in [0.05, 0.1) is 31.4 Å². The van der Waals surface area contributed by atoms with E-state index >= 15 is 0 Å². The molecule has 0 radical (unpaired) electrons. The van der Waals surface area contributed by atoms with Gasteiger partial charge in [-0.25, -0.2) is 9.38 Å². The molecule has 0 amide bonds. The Balaban J connectivity index is 0.00000320. The highest BCUT2D eigenvalue weighted by Gasteiger charge is 2.38. The summed E-state index contributed by atoms with van der Waals surface area (Å²) in [6.07, 6.45) is 6.16. The summed E-state index contributed by atoms with van der Waals surface area (Å²) in [6.45, 7) is 7.31. The van der Waals surface area contributed by atoms with Crippen molar-refractivity contribution in [2.24, 2.45) is 4.99 Å². The molecule has 30 heavy (non-hydrogen) atoms. The van der Waals surface area contributed by atoms with E-state index in [1.165, 1.54) is 44.2 Å². The number of hydrogen-bond acceptors (Lipinski definition) is 4. The highest BCUT2D eigenvalue weighted by Crippen LogP contribution is 2.33. The van der Waals surface area contributed by atoms with E-state index in [0.29, 0.717) is 17.1 Å². The number of benzene rings is 1. The second-order valence-corrected chi connectivity index (χ2v) is 7.85. The molecule has 166 valence electrons. The van der Waals surface area contributed by atoms with Crippen LogP contribution in [0.15, 0.2) is 23.2 Å². The van der Waals surface area contributed by atoms with Crippen LogP contribution in [0, 0.1) is 17.1 Å². The van der Waals surface area contributed by atoms with Gasteiger partial charge >= 0.3 is 0 Å². The normalized spacial score (nSPS) is 19.4. The Labute approximate surface area is 196 Å². The van der Waals surface area contributed by atoms with Gasteiger partial charge in [0, 0.05) is 37.3 Å². The molecular weight excluding hydrogens is 496 g/mol. The number of ether oxygens (including phenoxy) is 1. The lowest BCUT2D eigenvalue weighted by molar-refractivity contribution is -0.0352. The topological polar surface area (TPSA) is 72.7 Å². The molecule has 0 spiro atoms. The molecule has 2 N–H and O–H groups in total. The molecule has 1 aliphatic carbocycles. The van der Waals surface area contributed by atoms with Crippen molar-refractivity contribution in [3.8, 4) is 6.07 Å². The zero-order chi connectivity index (χ0) is 20.5. The van der Waals surface area contributed by atoms with E-state index in [-0.39, 0.29) is 41.9 Å². The number of nitriles is 1. The van der Waals surface area contributed by atoms with Crippen LogP contribution >= 0.6 is 24.0 Å². The van der Waals surface area contributed by atoms with E-state index in [1.54, 1.807) is 6.07 Å². The maximum absolute atomic E-state index is 14.1. The first-order valence-electron chi connectivity index (χ1n) is 10.7. The van der Waals surface area contributed by atoms with Crippen molar-refractivity contribution in [1.29, 1.82) is 5.26 Å². The largest absolute Gasteiger partial charge is 0.379 e. The van der Waals surface area contributed by atoms with Crippen LogP contribution in [0.1, 0.15) is 50.2 Å². The summed E-state index contributed by atoms with van der Waals surface area (Å²) < 4.78 is 19.6. The van der Waals surface area contributed by atoms with Crippen LogP contribution in [0.2, 0.25) is 0 Å². The minimum absolute atomic E-state index is 0. The van der Waals surface area contributed by atoms with Crippen LogP contribution < -0.4 is 10.6 Å². The number of nitrogens with zero attached hydrogens (tertiary/aromatic N) is 3. The van der Waals surface area contributed by atoms with E-state index in [0.717, 1.165) is 39.4 Å². The number of guanidine groups is 1. The predicted molar refractivity (Wildman–Crippen MR) is 128 cm³/mol. The second kappa shape index (κ2) is 12.4. The number of hydrogen-bond donors (Lipinski definition) is 2. The molecule has 8 heteroatoms. The van der Waals surface area contributed by atoms with Gasteiger partial charge in [0.25, 0.3) is 0 Å². The molecule has 0 aromatic heterocycles. The van der Waals surface area contributed by atoms with Crippen LogP contribution in [0.5, 0.6) is 0 Å². The summed E-state index contributed by atoms with van der Waals surface area (Å²) in [5, 5.41) is 15.8. The van der Waals surface area contributed by atoms with Gasteiger partial charge in [-0.3, -0.25) is 4.90 Å². The molecule has 1 saturated heterocycles. The Kier molecular flexibility index (Phi) is 10.3. The highest BCUT2D eigenvalue weighted by atomic mass is 127.